The molecule has 1 aromatic carbocycles. The summed E-state index contributed by atoms with van der Waals surface area (Å²) < 4.78 is 17.3. The first-order chi connectivity index (χ1) is 22.0. The van der Waals surface area contributed by atoms with E-state index in [1.54, 1.807) is 18.5 Å². The van der Waals surface area contributed by atoms with E-state index >= 15 is 0 Å². The van der Waals surface area contributed by atoms with Crippen LogP contribution in [0.2, 0.25) is 0 Å². The minimum absolute atomic E-state index is 0.102. The molecule has 238 valence electrons. The molecule has 14 nitrogen and oxygen atoms in total. The van der Waals surface area contributed by atoms with Crippen LogP contribution in [0.4, 0.5) is 10.7 Å². The Hall–Kier alpha value is -5.53. The van der Waals surface area contributed by atoms with E-state index in [9.17, 15) is 29.3 Å². The quantitative estimate of drug-likeness (QED) is 0.133. The lowest BCUT2D eigenvalue weighted by Crippen LogP contribution is -2.48. The molecule has 46 heavy (non-hydrogen) atoms. The van der Waals surface area contributed by atoms with Crippen molar-refractivity contribution < 1.29 is 33.2 Å². The zero-order valence-corrected chi connectivity index (χ0v) is 25.5. The van der Waals surface area contributed by atoms with Gasteiger partial charge in [0, 0.05) is 44.6 Å². The number of amides is 2. The highest BCUT2D eigenvalue weighted by Crippen LogP contribution is 2.42. The second-order valence-electron chi connectivity index (χ2n) is 11.5. The maximum absolute atomic E-state index is 13.8. The Bertz CT molecular complexity index is 1970. The van der Waals surface area contributed by atoms with Gasteiger partial charge in [-0.05, 0) is 36.2 Å². The minimum Gasteiger partial charge on any atom is -0.460 e. The molecule has 2 aliphatic heterocycles. The normalized spacial score (nSPS) is 16.3. The number of rotatable bonds is 9. The van der Waals surface area contributed by atoms with E-state index in [0.717, 1.165) is 16.5 Å². The standard InChI is InChI=1S/C32H31N5O9/c1-4-32(15-26(38)34(2)11-12-35(3)31(41)45-17-21-9-10-27(46-21)37(42)43)23-14-25-28-20(13-19-7-5-6-8-24(19)33-28)16-36(25)29(39)22(23)18-44-30(32)40/h5-10,13-14H,4,11-12,15-18H2,1-3H3/t32-/m0/s1. The number of para-hydroxylation sites is 1. The van der Waals surface area contributed by atoms with Crippen molar-refractivity contribution in [2.75, 3.05) is 27.2 Å². The summed E-state index contributed by atoms with van der Waals surface area (Å²) in [5, 5.41) is 11.7. The molecule has 0 bridgehead atoms. The third kappa shape index (κ3) is 5.25. The highest BCUT2D eigenvalue weighted by Gasteiger charge is 2.48. The average molecular weight is 630 g/mol. The summed E-state index contributed by atoms with van der Waals surface area (Å²) in [6, 6.07) is 14.0. The van der Waals surface area contributed by atoms with Gasteiger partial charge in [0.25, 0.3) is 5.56 Å². The molecule has 0 spiro atoms. The van der Waals surface area contributed by atoms with Crippen LogP contribution >= 0.6 is 0 Å². The molecule has 3 aromatic heterocycles. The maximum Gasteiger partial charge on any atom is 0.433 e. The van der Waals surface area contributed by atoms with E-state index in [2.05, 4.69) is 0 Å². The van der Waals surface area contributed by atoms with E-state index in [4.69, 9.17) is 18.9 Å². The topological polar surface area (TPSA) is 167 Å². The van der Waals surface area contributed by atoms with Crippen LogP contribution in [-0.2, 0) is 44.2 Å². The van der Waals surface area contributed by atoms with Crippen LogP contribution in [0.1, 0.15) is 42.2 Å². The van der Waals surface area contributed by atoms with Crippen LogP contribution in [0.15, 0.2) is 57.7 Å². The third-order valence-corrected chi connectivity index (χ3v) is 8.76. The number of aromatic nitrogens is 2. The molecular formula is C32H31N5O9. The molecule has 4 aromatic rings. The van der Waals surface area contributed by atoms with Gasteiger partial charge in [0.15, 0.2) is 6.61 Å². The number of ether oxygens (including phenoxy) is 2. The summed E-state index contributed by atoms with van der Waals surface area (Å²) >= 11 is 0. The third-order valence-electron chi connectivity index (χ3n) is 8.76. The van der Waals surface area contributed by atoms with Crippen molar-refractivity contribution in [2.24, 2.45) is 0 Å². The maximum atomic E-state index is 13.8. The van der Waals surface area contributed by atoms with Crippen molar-refractivity contribution in [3.05, 3.63) is 91.4 Å². The van der Waals surface area contributed by atoms with Gasteiger partial charge in [-0.2, -0.15) is 0 Å². The Labute approximate surface area is 262 Å². The van der Waals surface area contributed by atoms with E-state index in [1.165, 1.54) is 29.0 Å². The number of pyridine rings is 2. The zero-order chi connectivity index (χ0) is 32.7. The van der Waals surface area contributed by atoms with E-state index in [1.807, 2.05) is 36.4 Å². The number of benzene rings is 1. The summed E-state index contributed by atoms with van der Waals surface area (Å²) in [5.41, 5.74) is 2.13. The first-order valence-electron chi connectivity index (χ1n) is 14.7. The number of fused-ring (bicyclic) bond motifs is 5. The number of nitro groups is 1. The molecule has 0 fully saturated rings. The van der Waals surface area contributed by atoms with Gasteiger partial charge >= 0.3 is 17.9 Å². The SMILES string of the molecule is CC[C@@]1(CC(=O)N(C)CCN(C)C(=O)OCc2ccc([N+](=O)[O-])o2)C(=O)OCc2c1cc1n(c2=O)Cc2cc3ccccc3nc2-1. The van der Waals surface area contributed by atoms with E-state index < -0.39 is 28.3 Å². The van der Waals surface area contributed by atoms with Crippen LogP contribution in [0.25, 0.3) is 22.3 Å². The number of esters is 1. The predicted molar refractivity (Wildman–Crippen MR) is 163 cm³/mol. The first-order valence-corrected chi connectivity index (χ1v) is 14.7. The van der Waals surface area contributed by atoms with Crippen molar-refractivity contribution in [1.82, 2.24) is 19.4 Å². The van der Waals surface area contributed by atoms with E-state index in [0.29, 0.717) is 29.1 Å². The van der Waals surface area contributed by atoms with Gasteiger partial charge < -0.3 is 28.3 Å². The van der Waals surface area contributed by atoms with Crippen molar-refractivity contribution in [2.45, 2.75) is 44.9 Å². The van der Waals surface area contributed by atoms with Crippen molar-refractivity contribution in [3.8, 4) is 11.4 Å². The van der Waals surface area contributed by atoms with Gasteiger partial charge in [0.2, 0.25) is 5.91 Å². The van der Waals surface area contributed by atoms with Gasteiger partial charge in [0.05, 0.1) is 35.1 Å². The van der Waals surface area contributed by atoms with Crippen LogP contribution < -0.4 is 5.56 Å². The van der Waals surface area contributed by atoms with Crippen molar-refractivity contribution in [1.29, 1.82) is 0 Å². The highest BCUT2D eigenvalue weighted by atomic mass is 16.7. The molecule has 14 heteroatoms. The van der Waals surface area contributed by atoms with Gasteiger partial charge in [-0.25, -0.2) is 9.78 Å². The lowest BCUT2D eigenvalue weighted by Gasteiger charge is -2.37. The van der Waals surface area contributed by atoms with Crippen molar-refractivity contribution >= 4 is 34.8 Å². The van der Waals surface area contributed by atoms with Gasteiger partial charge in [0.1, 0.15) is 22.7 Å². The molecule has 5 heterocycles. The van der Waals surface area contributed by atoms with Crippen LogP contribution in [-0.4, -0.2) is 69.4 Å². The number of carbonyl (C=O) groups excluding carboxylic acids is 3. The monoisotopic (exact) mass is 629 g/mol. The number of hydrogen-bond acceptors (Lipinski definition) is 10. The summed E-state index contributed by atoms with van der Waals surface area (Å²) in [5.74, 6) is -1.29. The summed E-state index contributed by atoms with van der Waals surface area (Å²) in [6.07, 6.45) is -0.736. The highest BCUT2D eigenvalue weighted by molar-refractivity contribution is 5.92. The first kappa shape index (κ1) is 30.5. The predicted octanol–water partition coefficient (Wildman–Crippen LogP) is 3.75. The second-order valence-corrected chi connectivity index (χ2v) is 11.5. The fourth-order valence-electron chi connectivity index (χ4n) is 5.99. The van der Waals surface area contributed by atoms with Gasteiger partial charge in [-0.15, -0.1) is 0 Å². The molecular weight excluding hydrogens is 598 g/mol. The van der Waals surface area contributed by atoms with E-state index in [-0.39, 0.29) is 56.4 Å². The Balaban J connectivity index is 1.18. The Kier molecular flexibility index (Phi) is 7.80. The smallest absolute Gasteiger partial charge is 0.433 e. The number of carbonyl (C=O) groups is 3. The second kappa shape index (κ2) is 11.8. The molecule has 0 saturated carbocycles. The molecule has 0 unspecified atom stereocenters. The molecule has 0 radical (unpaired) electrons. The Morgan fingerprint density at radius 2 is 1.87 bits per heavy atom. The minimum atomic E-state index is -1.39. The fraction of sp³-hybridized carbons (Fsp3) is 0.344. The molecule has 0 aliphatic carbocycles. The van der Waals surface area contributed by atoms with Crippen molar-refractivity contribution in [3.63, 3.8) is 0 Å². The molecule has 0 N–H and O–H groups in total. The van der Waals surface area contributed by atoms with Crippen LogP contribution in [0.5, 0.6) is 0 Å². The number of nitrogens with zero attached hydrogens (tertiary/aromatic N) is 5. The fourth-order valence-corrected chi connectivity index (χ4v) is 5.99. The average Bonchev–Trinajstić information content (AvgIpc) is 3.68. The largest absolute Gasteiger partial charge is 0.460 e. The van der Waals surface area contributed by atoms with Gasteiger partial charge in [-0.1, -0.05) is 25.1 Å². The summed E-state index contributed by atoms with van der Waals surface area (Å²) in [4.78, 5) is 70.8. The van der Waals surface area contributed by atoms with Crippen LogP contribution in [0, 0.1) is 10.1 Å². The lowest BCUT2D eigenvalue weighted by atomic mass is 9.72. The Morgan fingerprint density at radius 1 is 1.11 bits per heavy atom. The molecule has 2 amide bonds. The molecule has 0 saturated heterocycles. The summed E-state index contributed by atoms with van der Waals surface area (Å²) in [7, 11) is 3.04. The number of likely N-dealkylation sites (N-methyl/N-ethyl adjacent to an activating group) is 2. The molecule has 2 aliphatic rings. The number of furan rings is 1. The van der Waals surface area contributed by atoms with Gasteiger partial charge in [-0.3, -0.25) is 24.5 Å². The van der Waals surface area contributed by atoms with Crippen LogP contribution in [0.3, 0.4) is 0 Å². The zero-order valence-electron chi connectivity index (χ0n) is 25.5. The molecule has 6 rings (SSSR count). The Morgan fingerprint density at radius 3 is 2.61 bits per heavy atom. The number of hydrogen-bond donors (Lipinski definition) is 0. The summed E-state index contributed by atoms with van der Waals surface area (Å²) in [6.45, 7) is 1.88. The number of cyclic esters (lactones) is 1. The molecule has 1 atom stereocenters. The lowest BCUT2D eigenvalue weighted by molar-refractivity contribution is -0.402.